The molecule has 50 heavy (non-hydrogen) atoms. The van der Waals surface area contributed by atoms with Crippen LogP contribution in [0.5, 0.6) is 0 Å². The Morgan fingerprint density at radius 3 is 1.60 bits per heavy atom. The second kappa shape index (κ2) is 24.7. The lowest BCUT2D eigenvalue weighted by molar-refractivity contribution is -0.177. The molecule has 10 atom stereocenters. The SMILES string of the molecule is CCCC[C@@H](C)[C@@H](OC(=O)C[C@H](CC(=O)O)C(=O)O)[C@H](C[C@@H](C)C[C@H](O)CCCCC[C@@H](O)[C@H](O)[C@H](C)N)OC(=O)C[C@H](CC(=O)O)C(=O)O. The molecule has 0 aromatic heterocycles. The number of carbonyl (C=O) groups excluding carboxylic acids is 2. The average molecular weight is 722 g/mol. The minimum Gasteiger partial charge on any atom is -0.481 e. The molecular weight excluding hydrogens is 662 g/mol. The van der Waals surface area contributed by atoms with Gasteiger partial charge in [-0.25, -0.2) is 0 Å². The van der Waals surface area contributed by atoms with E-state index in [-0.39, 0.29) is 18.8 Å². The van der Waals surface area contributed by atoms with Gasteiger partial charge in [0.2, 0.25) is 0 Å². The molecule has 0 saturated heterocycles. The second-order valence-corrected chi connectivity index (χ2v) is 13.6. The summed E-state index contributed by atoms with van der Waals surface area (Å²) in [6.07, 6.45) is -3.50. The summed E-state index contributed by atoms with van der Waals surface area (Å²) >= 11 is 0. The molecule has 0 aromatic rings. The van der Waals surface area contributed by atoms with Crippen molar-refractivity contribution in [3.8, 4) is 0 Å². The number of nitrogens with two attached hydrogens (primary N) is 1. The van der Waals surface area contributed by atoms with Gasteiger partial charge < -0.3 is 51.0 Å². The van der Waals surface area contributed by atoms with Crippen LogP contribution >= 0.6 is 0 Å². The van der Waals surface area contributed by atoms with Gasteiger partial charge in [-0.1, -0.05) is 52.9 Å². The molecule has 0 heterocycles. The number of carboxylic acid groups (broad SMARTS) is 4. The molecular formula is C34H59NO15. The number of carboxylic acids is 4. The van der Waals surface area contributed by atoms with E-state index in [1.807, 2.05) is 6.92 Å². The Bertz CT molecular complexity index is 1070. The standard InChI is InChI=1S/C34H59NO15/c1-5-6-10-20(3)32(50-30(43)18-23(34(47)48)16-28(40)41)26(49-29(42)17-22(33(45)46)15-27(38)39)14-19(2)13-24(36)11-8-7-9-12-25(37)31(44)21(4)35/h19-26,31-32,36-37,44H,5-18,35H2,1-4H3,(H,38,39)(H,40,41)(H,45,46)(H,47,48)/t19-,20+,21-,22-,23-,24+,25+,26-,31+,32+/m0/s1. The molecule has 0 unspecified atom stereocenters. The van der Waals surface area contributed by atoms with E-state index in [9.17, 15) is 54.3 Å². The Labute approximate surface area is 293 Å². The molecule has 0 aliphatic carbocycles. The minimum absolute atomic E-state index is 0.0344. The summed E-state index contributed by atoms with van der Waals surface area (Å²) in [5.74, 6) is -11.9. The first-order valence-corrected chi connectivity index (χ1v) is 17.4. The van der Waals surface area contributed by atoms with Gasteiger partial charge in [-0.05, 0) is 50.9 Å². The van der Waals surface area contributed by atoms with Crippen LogP contribution in [0.15, 0.2) is 0 Å². The Morgan fingerprint density at radius 2 is 1.14 bits per heavy atom. The molecule has 0 aliphatic rings. The Morgan fingerprint density at radius 1 is 0.640 bits per heavy atom. The number of aliphatic hydroxyl groups is 3. The molecule has 0 rings (SSSR count). The minimum atomic E-state index is -1.59. The van der Waals surface area contributed by atoms with Crippen LogP contribution in [0, 0.1) is 23.7 Å². The lowest BCUT2D eigenvalue weighted by Crippen LogP contribution is -2.42. The largest absolute Gasteiger partial charge is 0.481 e. The van der Waals surface area contributed by atoms with E-state index < -0.39 is 116 Å². The van der Waals surface area contributed by atoms with Crippen molar-refractivity contribution < 1.29 is 74.0 Å². The number of aliphatic hydroxyl groups excluding tert-OH is 3. The number of esters is 2. The van der Waals surface area contributed by atoms with Gasteiger partial charge in [0.1, 0.15) is 12.2 Å². The summed E-state index contributed by atoms with van der Waals surface area (Å²) in [4.78, 5) is 71.6. The zero-order valence-electron chi connectivity index (χ0n) is 29.6. The summed E-state index contributed by atoms with van der Waals surface area (Å²) in [5, 5.41) is 67.7. The van der Waals surface area contributed by atoms with Crippen molar-refractivity contribution >= 4 is 35.8 Å². The second-order valence-electron chi connectivity index (χ2n) is 13.6. The van der Waals surface area contributed by atoms with E-state index >= 15 is 0 Å². The summed E-state index contributed by atoms with van der Waals surface area (Å²) in [6, 6.07) is -0.573. The van der Waals surface area contributed by atoms with Crippen LogP contribution in [0.1, 0.15) is 118 Å². The van der Waals surface area contributed by atoms with Gasteiger partial charge in [-0.3, -0.25) is 28.8 Å². The van der Waals surface area contributed by atoms with Gasteiger partial charge in [-0.2, -0.15) is 0 Å². The van der Waals surface area contributed by atoms with Crippen molar-refractivity contribution in [1.29, 1.82) is 0 Å². The van der Waals surface area contributed by atoms with Crippen LogP contribution in [0.4, 0.5) is 0 Å². The third-order valence-electron chi connectivity index (χ3n) is 8.64. The Kier molecular flexibility index (Phi) is 23.1. The molecule has 0 spiro atoms. The summed E-state index contributed by atoms with van der Waals surface area (Å²) in [7, 11) is 0. The van der Waals surface area contributed by atoms with Crippen LogP contribution in [0.2, 0.25) is 0 Å². The highest BCUT2D eigenvalue weighted by atomic mass is 16.6. The zero-order valence-corrected chi connectivity index (χ0v) is 29.6. The quantitative estimate of drug-likeness (QED) is 0.0407. The normalized spacial score (nSPS) is 17.5. The van der Waals surface area contributed by atoms with Gasteiger partial charge in [-0.15, -0.1) is 0 Å². The van der Waals surface area contributed by atoms with Gasteiger partial charge in [0, 0.05) is 6.04 Å². The molecule has 9 N–H and O–H groups in total. The third-order valence-corrected chi connectivity index (χ3v) is 8.64. The highest BCUT2D eigenvalue weighted by Crippen LogP contribution is 2.29. The Balaban J connectivity index is 5.96. The van der Waals surface area contributed by atoms with E-state index in [4.69, 9.17) is 25.4 Å². The lowest BCUT2D eigenvalue weighted by Gasteiger charge is -2.33. The summed E-state index contributed by atoms with van der Waals surface area (Å²) < 4.78 is 11.4. The number of hydrogen-bond donors (Lipinski definition) is 8. The van der Waals surface area contributed by atoms with Gasteiger partial charge in [0.25, 0.3) is 0 Å². The molecule has 16 heteroatoms. The maximum absolute atomic E-state index is 13.0. The smallest absolute Gasteiger partial charge is 0.307 e. The number of aliphatic carboxylic acids is 4. The van der Waals surface area contributed by atoms with E-state index in [0.717, 1.165) is 6.42 Å². The monoisotopic (exact) mass is 721 g/mol. The van der Waals surface area contributed by atoms with Crippen LogP contribution in [-0.2, 0) is 38.2 Å². The first kappa shape index (κ1) is 46.7. The van der Waals surface area contributed by atoms with Crippen LogP contribution in [-0.4, -0.2) is 108 Å². The van der Waals surface area contributed by atoms with Gasteiger partial charge in [0.15, 0.2) is 0 Å². The molecule has 0 bridgehead atoms. The van der Waals surface area contributed by atoms with Crippen molar-refractivity contribution in [2.75, 3.05) is 0 Å². The summed E-state index contributed by atoms with van der Waals surface area (Å²) in [6.45, 7) is 7.02. The van der Waals surface area contributed by atoms with Crippen LogP contribution in [0.25, 0.3) is 0 Å². The molecule has 0 amide bonds. The van der Waals surface area contributed by atoms with Crippen LogP contribution < -0.4 is 5.73 Å². The average Bonchev–Trinajstić information content (AvgIpc) is 3.00. The molecule has 290 valence electrons. The van der Waals surface area contributed by atoms with Gasteiger partial charge in [0.05, 0.1) is 55.8 Å². The van der Waals surface area contributed by atoms with E-state index in [1.54, 1.807) is 20.8 Å². The molecule has 0 saturated carbocycles. The van der Waals surface area contributed by atoms with Gasteiger partial charge >= 0.3 is 35.8 Å². The highest BCUT2D eigenvalue weighted by Gasteiger charge is 2.37. The van der Waals surface area contributed by atoms with E-state index in [1.165, 1.54) is 0 Å². The fourth-order valence-corrected chi connectivity index (χ4v) is 5.74. The number of hydrogen-bond acceptors (Lipinski definition) is 12. The van der Waals surface area contributed by atoms with Crippen molar-refractivity contribution in [2.24, 2.45) is 29.4 Å². The maximum atomic E-state index is 13.0. The molecule has 16 nitrogen and oxygen atoms in total. The lowest BCUT2D eigenvalue weighted by atomic mass is 9.87. The highest BCUT2D eigenvalue weighted by molar-refractivity contribution is 5.83. The molecule has 0 aromatic carbocycles. The number of rotatable bonds is 29. The predicted octanol–water partition coefficient (Wildman–Crippen LogP) is 2.56. The molecule has 0 aliphatic heterocycles. The van der Waals surface area contributed by atoms with Crippen molar-refractivity contribution in [3.05, 3.63) is 0 Å². The summed E-state index contributed by atoms with van der Waals surface area (Å²) in [5.41, 5.74) is 5.61. The molecule has 0 radical (unpaired) electrons. The maximum Gasteiger partial charge on any atom is 0.307 e. The zero-order chi connectivity index (χ0) is 38.6. The first-order chi connectivity index (χ1) is 23.3. The van der Waals surface area contributed by atoms with Crippen molar-refractivity contribution in [3.63, 3.8) is 0 Å². The van der Waals surface area contributed by atoms with Crippen molar-refractivity contribution in [1.82, 2.24) is 0 Å². The fourth-order valence-electron chi connectivity index (χ4n) is 5.74. The number of carbonyl (C=O) groups is 6. The first-order valence-electron chi connectivity index (χ1n) is 17.4. The fraction of sp³-hybridized carbons (Fsp3) is 0.824. The van der Waals surface area contributed by atoms with E-state index in [0.29, 0.717) is 44.9 Å². The van der Waals surface area contributed by atoms with Crippen LogP contribution in [0.3, 0.4) is 0 Å². The molecule has 0 fully saturated rings. The third kappa shape index (κ3) is 20.4. The number of unbranched alkanes of at least 4 members (excludes halogenated alkanes) is 3. The topological polar surface area (TPSA) is 289 Å². The number of ether oxygens (including phenoxy) is 2. The van der Waals surface area contributed by atoms with Crippen molar-refractivity contribution in [2.45, 2.75) is 154 Å². The predicted molar refractivity (Wildman–Crippen MR) is 178 cm³/mol. The Hall–Kier alpha value is -3.34. The van der Waals surface area contributed by atoms with E-state index in [2.05, 4.69) is 0 Å².